The van der Waals surface area contributed by atoms with Gasteiger partial charge in [-0.1, -0.05) is 60.7 Å². The molecule has 210 valence electrons. The van der Waals surface area contributed by atoms with Gasteiger partial charge in [-0.2, -0.15) is 0 Å². The number of hydrogen-bond acceptors (Lipinski definition) is 5. The van der Waals surface area contributed by atoms with Crippen molar-refractivity contribution in [2.45, 2.75) is 69.1 Å². The average Bonchev–Trinajstić information content (AvgIpc) is 3.74. The highest BCUT2D eigenvalue weighted by Crippen LogP contribution is 2.49. The Morgan fingerprint density at radius 1 is 1.02 bits per heavy atom. The van der Waals surface area contributed by atoms with Gasteiger partial charge in [0.2, 0.25) is 5.91 Å². The van der Waals surface area contributed by atoms with Crippen LogP contribution < -0.4 is 0 Å². The van der Waals surface area contributed by atoms with Crippen LogP contribution in [0.2, 0.25) is 0 Å². The number of cyclic esters (lactones) is 1. The topological polar surface area (TPSA) is 83.0 Å². The monoisotopic (exact) mass is 541 g/mol. The second-order valence-electron chi connectivity index (χ2n) is 12.1. The number of aromatic nitrogens is 1. The molecule has 1 aromatic heterocycles. The normalized spacial score (nSPS) is 20.9. The second kappa shape index (κ2) is 10.4. The Kier molecular flexibility index (Phi) is 7.21. The number of amides is 2. The second-order valence-corrected chi connectivity index (χ2v) is 12.1. The van der Waals surface area contributed by atoms with Gasteiger partial charge in [0.15, 0.2) is 0 Å². The molecule has 2 amide bonds. The largest absolute Gasteiger partial charge is 0.438 e. The Balaban J connectivity index is 1.33. The summed E-state index contributed by atoms with van der Waals surface area (Å²) in [7, 11) is 3.58. The summed E-state index contributed by atoms with van der Waals surface area (Å²) in [5.41, 5.74) is 2.13. The molecule has 2 fully saturated rings. The van der Waals surface area contributed by atoms with Crippen molar-refractivity contribution >= 4 is 12.0 Å². The molecule has 1 saturated carbocycles. The molecule has 2 aromatic carbocycles. The van der Waals surface area contributed by atoms with Gasteiger partial charge in [-0.05, 0) is 56.9 Å². The third kappa shape index (κ3) is 5.35. The van der Waals surface area contributed by atoms with Gasteiger partial charge in [0, 0.05) is 39.0 Å². The van der Waals surface area contributed by atoms with E-state index in [2.05, 4.69) is 0 Å². The van der Waals surface area contributed by atoms with E-state index < -0.39 is 16.6 Å². The van der Waals surface area contributed by atoms with Gasteiger partial charge in [0.1, 0.15) is 5.60 Å². The maximum atomic E-state index is 13.4. The molecule has 7 heteroatoms. The fourth-order valence-corrected chi connectivity index (χ4v) is 6.00. The minimum absolute atomic E-state index is 0.105. The summed E-state index contributed by atoms with van der Waals surface area (Å²) < 4.78 is 6.16. The molecule has 2 heterocycles. The zero-order valence-electron chi connectivity index (χ0n) is 24.1. The number of aliphatic hydroxyl groups is 1. The molecule has 7 nitrogen and oxygen atoms in total. The van der Waals surface area contributed by atoms with Gasteiger partial charge in [-0.15, -0.1) is 0 Å². The van der Waals surface area contributed by atoms with Gasteiger partial charge in [-0.3, -0.25) is 9.78 Å². The van der Waals surface area contributed by atoms with Crippen LogP contribution >= 0.6 is 0 Å². The van der Waals surface area contributed by atoms with E-state index in [1.165, 1.54) is 0 Å². The van der Waals surface area contributed by atoms with E-state index in [1.807, 2.05) is 79.7 Å². The van der Waals surface area contributed by atoms with Crippen LogP contribution in [0.15, 0.2) is 72.8 Å². The molecule has 1 saturated heterocycles. The summed E-state index contributed by atoms with van der Waals surface area (Å²) in [6.45, 7) is 6.01. The predicted octanol–water partition coefficient (Wildman–Crippen LogP) is 5.83. The van der Waals surface area contributed by atoms with Crippen LogP contribution in [0.25, 0.3) is 11.3 Å². The number of pyridine rings is 1. The molecule has 3 aromatic rings. The average molecular weight is 542 g/mol. The van der Waals surface area contributed by atoms with E-state index in [9.17, 15) is 14.7 Å². The quantitative estimate of drug-likeness (QED) is 0.388. The highest BCUT2D eigenvalue weighted by Gasteiger charge is 2.53. The minimum Gasteiger partial charge on any atom is -0.438 e. The first-order valence-corrected chi connectivity index (χ1v) is 14.0. The van der Waals surface area contributed by atoms with Crippen molar-refractivity contribution in [1.29, 1.82) is 0 Å². The molecule has 1 N–H and O–H groups in total. The van der Waals surface area contributed by atoms with Crippen molar-refractivity contribution in [3.8, 4) is 11.3 Å². The molecule has 2 unspecified atom stereocenters. The lowest BCUT2D eigenvalue weighted by molar-refractivity contribution is -0.131. The molecule has 1 aliphatic heterocycles. The van der Waals surface area contributed by atoms with Crippen LogP contribution in [0.4, 0.5) is 4.79 Å². The first-order valence-electron chi connectivity index (χ1n) is 14.0. The van der Waals surface area contributed by atoms with Gasteiger partial charge in [0.25, 0.3) is 0 Å². The Hall–Kier alpha value is -3.71. The van der Waals surface area contributed by atoms with Crippen molar-refractivity contribution in [1.82, 2.24) is 14.8 Å². The van der Waals surface area contributed by atoms with Crippen LogP contribution in [0, 0.1) is 0 Å². The van der Waals surface area contributed by atoms with Crippen molar-refractivity contribution in [2.24, 2.45) is 0 Å². The number of carbonyl (C=O) groups is 2. The van der Waals surface area contributed by atoms with Crippen LogP contribution in [0.1, 0.15) is 69.3 Å². The Labute approximate surface area is 236 Å². The fourth-order valence-electron chi connectivity index (χ4n) is 6.00. The first-order chi connectivity index (χ1) is 18.9. The highest BCUT2D eigenvalue weighted by molar-refractivity contribution is 5.90. The lowest BCUT2D eigenvalue weighted by Gasteiger charge is -2.45. The van der Waals surface area contributed by atoms with E-state index in [0.717, 1.165) is 40.9 Å². The summed E-state index contributed by atoms with van der Waals surface area (Å²) in [5, 5.41) is 10.6. The smallest absolute Gasteiger partial charge is 0.411 e. The summed E-state index contributed by atoms with van der Waals surface area (Å²) in [4.78, 5) is 34.5. The Morgan fingerprint density at radius 2 is 1.70 bits per heavy atom. The minimum atomic E-state index is -0.996. The van der Waals surface area contributed by atoms with Gasteiger partial charge in [-0.25, -0.2) is 4.79 Å². The third-order valence-electron chi connectivity index (χ3n) is 8.25. The lowest BCUT2D eigenvalue weighted by atomic mass is 9.80. The molecule has 0 spiro atoms. The number of nitrogens with zero attached hydrogens (tertiary/aromatic N) is 3. The van der Waals surface area contributed by atoms with E-state index in [0.29, 0.717) is 19.4 Å². The highest BCUT2D eigenvalue weighted by atomic mass is 16.6. The molecule has 2 atom stereocenters. The van der Waals surface area contributed by atoms with E-state index in [-0.39, 0.29) is 18.0 Å². The van der Waals surface area contributed by atoms with Crippen molar-refractivity contribution in [3.05, 3.63) is 89.6 Å². The molecule has 0 radical (unpaired) electrons. The van der Waals surface area contributed by atoms with Crippen molar-refractivity contribution in [2.75, 3.05) is 20.6 Å². The summed E-state index contributed by atoms with van der Waals surface area (Å²) in [5.74, 6) is 0.105. The van der Waals surface area contributed by atoms with Crippen molar-refractivity contribution < 1.29 is 19.4 Å². The molecule has 0 bridgehead atoms. The maximum Gasteiger partial charge on any atom is 0.411 e. The van der Waals surface area contributed by atoms with Crippen molar-refractivity contribution in [3.63, 3.8) is 0 Å². The van der Waals surface area contributed by atoms with E-state index >= 15 is 0 Å². The molecule has 40 heavy (non-hydrogen) atoms. The fraction of sp³-hybridized carbons (Fsp3) is 0.424. The predicted molar refractivity (Wildman–Crippen MR) is 155 cm³/mol. The standard InChI is InChI=1S/C33H39N3O4/c1-23(36-21-20-33(40-30(36)38,22-31(2,3)39)26-10-7-6-8-11-26)24-14-16-25(17-15-24)27-12-9-13-28(34-27)32(18-19-32)29(37)35(4)5/h6-17,23,39H,18-22H2,1-5H3. The van der Waals surface area contributed by atoms with Crippen LogP contribution in [-0.4, -0.2) is 58.1 Å². The Bertz CT molecular complexity index is 1380. The number of rotatable bonds is 8. The SMILES string of the molecule is CC(c1ccc(-c2cccc(C3(C(=O)N(C)C)CC3)n2)cc1)N1CCC(CC(C)(C)O)(c2ccccc2)OC1=O. The summed E-state index contributed by atoms with van der Waals surface area (Å²) in [6, 6.07) is 23.5. The third-order valence-corrected chi connectivity index (χ3v) is 8.25. The molecule has 2 aliphatic rings. The summed E-state index contributed by atoms with van der Waals surface area (Å²) >= 11 is 0. The number of benzene rings is 2. The molecule has 5 rings (SSSR count). The van der Waals surface area contributed by atoms with Gasteiger partial charge in [0.05, 0.1) is 28.4 Å². The number of likely N-dealkylation sites (N-methyl/N-ethyl adjacent to an activating group) is 1. The molecular weight excluding hydrogens is 502 g/mol. The zero-order valence-corrected chi connectivity index (χ0v) is 24.1. The van der Waals surface area contributed by atoms with Gasteiger partial charge < -0.3 is 19.6 Å². The van der Waals surface area contributed by atoms with E-state index in [4.69, 9.17) is 9.72 Å². The first kappa shape index (κ1) is 27.8. The number of hydrogen-bond donors (Lipinski definition) is 1. The number of carbonyl (C=O) groups excluding carboxylic acids is 2. The Morgan fingerprint density at radius 3 is 2.27 bits per heavy atom. The van der Waals surface area contributed by atoms with Crippen LogP contribution in [0.3, 0.4) is 0 Å². The van der Waals surface area contributed by atoms with Gasteiger partial charge >= 0.3 is 6.09 Å². The van der Waals surface area contributed by atoms with E-state index in [1.54, 1.807) is 37.7 Å². The van der Waals surface area contributed by atoms with Crippen LogP contribution in [-0.2, 0) is 20.5 Å². The van der Waals surface area contributed by atoms with Crippen LogP contribution in [0.5, 0.6) is 0 Å². The summed E-state index contributed by atoms with van der Waals surface area (Å²) in [6.07, 6.45) is 2.17. The molecule has 1 aliphatic carbocycles. The number of ether oxygens (including phenoxy) is 1. The zero-order chi connectivity index (χ0) is 28.7. The lowest BCUT2D eigenvalue weighted by Crippen LogP contribution is -2.51. The molecular formula is C33H39N3O4. The maximum absolute atomic E-state index is 13.4.